The lowest BCUT2D eigenvalue weighted by Crippen LogP contribution is -2.44. The van der Waals surface area contributed by atoms with Crippen LogP contribution < -0.4 is 15.1 Å². The van der Waals surface area contributed by atoms with E-state index in [2.05, 4.69) is 10.3 Å². The van der Waals surface area contributed by atoms with E-state index in [1.807, 2.05) is 0 Å². The van der Waals surface area contributed by atoms with Crippen molar-refractivity contribution in [2.24, 2.45) is 0 Å². The lowest BCUT2D eigenvalue weighted by atomic mass is 10.1. The number of hydrogen-bond donors (Lipinski definition) is 1. The average Bonchev–Trinajstić information content (AvgIpc) is 3.01. The van der Waals surface area contributed by atoms with Gasteiger partial charge in [-0.05, 0) is 55.0 Å². The number of carbonyl (C=O) groups is 2. The Labute approximate surface area is 213 Å². The van der Waals surface area contributed by atoms with E-state index in [9.17, 15) is 27.2 Å². The number of benzene rings is 2. The minimum absolute atomic E-state index is 0.0436. The number of amides is 2. The summed E-state index contributed by atoms with van der Waals surface area (Å²) in [6.45, 7) is 0.173. The molecule has 0 bridgehead atoms. The predicted molar refractivity (Wildman–Crippen MR) is 131 cm³/mol. The van der Waals surface area contributed by atoms with Crippen molar-refractivity contribution >= 4 is 46.2 Å². The van der Waals surface area contributed by atoms with E-state index in [-0.39, 0.29) is 41.4 Å². The van der Waals surface area contributed by atoms with Gasteiger partial charge in [0, 0.05) is 24.3 Å². The molecule has 0 aliphatic carbocycles. The molecular formula is C25H17F4N5O2S. The highest BCUT2D eigenvalue weighted by molar-refractivity contribution is 7.81. The molecule has 3 aromatic rings. The molecule has 2 amide bonds. The Hall–Kier alpha value is -4.37. The fourth-order valence-corrected chi connectivity index (χ4v) is 4.18. The fraction of sp³-hybridized carbons (Fsp3) is 0.160. The number of alkyl halides is 3. The number of anilines is 3. The van der Waals surface area contributed by atoms with Gasteiger partial charge in [-0.25, -0.2) is 9.37 Å². The highest BCUT2D eigenvalue weighted by Gasteiger charge is 2.37. The Bertz CT molecular complexity index is 1420. The molecule has 1 N–H and O–H groups in total. The summed E-state index contributed by atoms with van der Waals surface area (Å²) in [5.41, 5.74) is -1.96. The smallest absolute Gasteiger partial charge is 0.322 e. The maximum atomic E-state index is 15.0. The second-order valence-corrected chi connectivity index (χ2v) is 8.32. The number of rotatable bonds is 4. The largest absolute Gasteiger partial charge is 0.419 e. The third kappa shape index (κ3) is 5.41. The summed E-state index contributed by atoms with van der Waals surface area (Å²) in [5.74, 6) is -2.10. The number of para-hydroxylation sites is 1. The summed E-state index contributed by atoms with van der Waals surface area (Å²) in [7, 11) is 0. The molecule has 4 rings (SSSR count). The molecule has 2 heterocycles. The predicted octanol–water partition coefficient (Wildman–Crippen LogP) is 5.28. The maximum absolute atomic E-state index is 15.0. The monoisotopic (exact) mass is 527 g/mol. The molecule has 1 aliphatic rings. The number of carbonyl (C=O) groups excluding carboxylic acids is 2. The molecule has 1 saturated heterocycles. The van der Waals surface area contributed by atoms with Crippen LogP contribution in [0.15, 0.2) is 60.8 Å². The van der Waals surface area contributed by atoms with Crippen molar-refractivity contribution in [2.45, 2.75) is 19.0 Å². The van der Waals surface area contributed by atoms with Gasteiger partial charge in [-0.15, -0.1) is 0 Å². The van der Waals surface area contributed by atoms with Crippen LogP contribution in [0.4, 0.5) is 34.6 Å². The molecule has 0 atom stereocenters. The van der Waals surface area contributed by atoms with E-state index in [1.165, 1.54) is 23.1 Å². The fourth-order valence-electron chi connectivity index (χ4n) is 3.77. The van der Waals surface area contributed by atoms with Gasteiger partial charge in [0.15, 0.2) is 10.8 Å². The van der Waals surface area contributed by atoms with Gasteiger partial charge in [0.05, 0.1) is 23.0 Å². The molecule has 2 aromatic carbocycles. The number of hydrogen-bond acceptors (Lipinski definition) is 5. The number of thiocarbonyl (C=S) groups is 1. The van der Waals surface area contributed by atoms with Gasteiger partial charge >= 0.3 is 6.18 Å². The molecule has 1 aliphatic heterocycles. The van der Waals surface area contributed by atoms with Gasteiger partial charge in [0.2, 0.25) is 5.91 Å². The van der Waals surface area contributed by atoms with Crippen molar-refractivity contribution in [3.05, 3.63) is 83.4 Å². The van der Waals surface area contributed by atoms with Crippen molar-refractivity contribution in [3.8, 4) is 6.07 Å². The van der Waals surface area contributed by atoms with Gasteiger partial charge < -0.3 is 10.2 Å². The van der Waals surface area contributed by atoms with E-state index in [4.69, 9.17) is 17.5 Å². The van der Waals surface area contributed by atoms with Crippen LogP contribution in [-0.4, -0.2) is 28.5 Å². The Morgan fingerprint density at radius 1 is 1.11 bits per heavy atom. The van der Waals surface area contributed by atoms with Gasteiger partial charge in [-0.2, -0.15) is 18.4 Å². The minimum atomic E-state index is -4.89. The van der Waals surface area contributed by atoms with Crippen LogP contribution in [0.2, 0.25) is 0 Å². The summed E-state index contributed by atoms with van der Waals surface area (Å²) < 4.78 is 55.4. The number of nitrogens with one attached hydrogen (secondary N) is 1. The highest BCUT2D eigenvalue weighted by atomic mass is 32.1. The minimum Gasteiger partial charge on any atom is -0.322 e. The number of aromatic nitrogens is 1. The molecule has 0 saturated carbocycles. The number of halogens is 4. The zero-order valence-corrected chi connectivity index (χ0v) is 19.7. The van der Waals surface area contributed by atoms with E-state index in [0.29, 0.717) is 11.8 Å². The Balaban J connectivity index is 1.65. The zero-order chi connectivity index (χ0) is 26.7. The molecule has 1 aromatic heterocycles. The molecular weight excluding hydrogens is 510 g/mol. The second kappa shape index (κ2) is 10.3. The third-order valence-corrected chi connectivity index (χ3v) is 5.93. The van der Waals surface area contributed by atoms with E-state index >= 15 is 0 Å². The van der Waals surface area contributed by atoms with Crippen molar-refractivity contribution in [1.82, 2.24) is 4.98 Å². The van der Waals surface area contributed by atoms with Crippen LogP contribution in [-0.2, 0) is 11.0 Å². The number of nitrogens with zero attached hydrogens (tertiary/aromatic N) is 4. The second-order valence-electron chi connectivity index (χ2n) is 7.95. The first-order valence-corrected chi connectivity index (χ1v) is 11.3. The SMILES string of the molecule is N#Cc1ncc(N2C(=O)CCCN(c3ccc(C(=O)Nc4ccccc4)c(F)c3)C2=S)cc1C(F)(F)F. The summed E-state index contributed by atoms with van der Waals surface area (Å²) >= 11 is 5.44. The lowest BCUT2D eigenvalue weighted by Gasteiger charge is -2.30. The summed E-state index contributed by atoms with van der Waals surface area (Å²) in [6, 6.07) is 14.3. The molecule has 37 heavy (non-hydrogen) atoms. The first-order valence-electron chi connectivity index (χ1n) is 10.9. The van der Waals surface area contributed by atoms with E-state index in [0.717, 1.165) is 17.2 Å². The van der Waals surface area contributed by atoms with Crippen molar-refractivity contribution < 1.29 is 27.2 Å². The van der Waals surface area contributed by atoms with E-state index in [1.54, 1.807) is 30.3 Å². The zero-order valence-electron chi connectivity index (χ0n) is 18.9. The summed E-state index contributed by atoms with van der Waals surface area (Å²) in [6.07, 6.45) is -3.69. The number of pyridine rings is 1. The number of nitriles is 1. The first-order chi connectivity index (χ1) is 17.6. The van der Waals surface area contributed by atoms with Crippen LogP contribution in [0.5, 0.6) is 0 Å². The third-order valence-electron chi connectivity index (χ3n) is 5.53. The van der Waals surface area contributed by atoms with Crippen molar-refractivity contribution in [1.29, 1.82) is 5.26 Å². The summed E-state index contributed by atoms with van der Waals surface area (Å²) in [4.78, 5) is 31.2. The molecule has 188 valence electrons. The van der Waals surface area contributed by atoms with Crippen LogP contribution in [0.1, 0.15) is 34.5 Å². The topological polar surface area (TPSA) is 89.3 Å². The highest BCUT2D eigenvalue weighted by Crippen LogP contribution is 2.35. The van der Waals surface area contributed by atoms with E-state index < -0.39 is 35.1 Å². The van der Waals surface area contributed by atoms with Crippen molar-refractivity contribution in [3.63, 3.8) is 0 Å². The Morgan fingerprint density at radius 2 is 1.84 bits per heavy atom. The van der Waals surface area contributed by atoms with Gasteiger partial charge in [-0.1, -0.05) is 18.2 Å². The average molecular weight is 528 g/mol. The standard InChI is InChI=1S/C25H17F4N5O2S/c26-20-12-16(8-9-18(20)23(36)32-15-5-2-1-3-6-15)33-10-4-7-22(35)34(24(33)37)17-11-19(25(27,28)29)21(13-30)31-14-17/h1-3,5-6,8-9,11-12,14H,4,7,10H2,(H,32,36). The maximum Gasteiger partial charge on any atom is 0.419 e. The normalized spacial score (nSPS) is 14.2. The quantitative estimate of drug-likeness (QED) is 0.367. The van der Waals surface area contributed by atoms with Crippen LogP contribution >= 0.6 is 12.2 Å². The lowest BCUT2D eigenvalue weighted by molar-refractivity contribution is -0.138. The van der Waals surface area contributed by atoms with Crippen LogP contribution in [0.3, 0.4) is 0 Å². The molecule has 12 heteroatoms. The van der Waals surface area contributed by atoms with Crippen molar-refractivity contribution in [2.75, 3.05) is 21.7 Å². The first kappa shape index (κ1) is 25.7. The molecule has 0 unspecified atom stereocenters. The molecule has 0 radical (unpaired) electrons. The Kier molecular flexibility index (Phi) is 7.17. The molecule has 7 nitrogen and oxygen atoms in total. The molecule has 1 fully saturated rings. The van der Waals surface area contributed by atoms with Gasteiger partial charge in [0.1, 0.15) is 11.9 Å². The van der Waals surface area contributed by atoms with Crippen LogP contribution in [0.25, 0.3) is 0 Å². The van der Waals surface area contributed by atoms with Crippen LogP contribution in [0, 0.1) is 17.1 Å². The summed E-state index contributed by atoms with van der Waals surface area (Å²) in [5, 5.41) is 11.4. The van der Waals surface area contributed by atoms with Gasteiger partial charge in [0.25, 0.3) is 5.91 Å². The molecule has 0 spiro atoms. The Morgan fingerprint density at radius 3 is 2.49 bits per heavy atom. The van der Waals surface area contributed by atoms with Gasteiger partial charge in [-0.3, -0.25) is 14.5 Å².